The van der Waals surface area contributed by atoms with Crippen LogP contribution < -0.4 is 5.32 Å². The van der Waals surface area contributed by atoms with E-state index in [1.54, 1.807) is 0 Å². The molecule has 0 amide bonds. The summed E-state index contributed by atoms with van der Waals surface area (Å²) in [6.07, 6.45) is -0.102. The lowest BCUT2D eigenvalue weighted by Gasteiger charge is -2.28. The smallest absolute Gasteiger partial charge is 0.164 e. The minimum absolute atomic E-state index is 0.0886. The van der Waals surface area contributed by atoms with Crippen molar-refractivity contribution in [2.24, 2.45) is 0 Å². The topological polar surface area (TPSA) is 61.2 Å². The van der Waals surface area contributed by atoms with Crippen molar-refractivity contribution in [1.82, 2.24) is 20.1 Å². The van der Waals surface area contributed by atoms with Crippen molar-refractivity contribution in [3.8, 4) is 0 Å². The summed E-state index contributed by atoms with van der Waals surface area (Å²) in [5.41, 5.74) is 1.21. The Morgan fingerprint density at radius 2 is 1.95 bits per heavy atom. The average molecular weight is 286 g/mol. The highest BCUT2D eigenvalue weighted by Gasteiger charge is 2.30. The lowest BCUT2D eigenvalue weighted by molar-refractivity contribution is -0.0949. The summed E-state index contributed by atoms with van der Waals surface area (Å²) in [6.45, 7) is 3.59. The first-order chi connectivity index (χ1) is 10.4. The van der Waals surface area contributed by atoms with Crippen molar-refractivity contribution in [2.75, 3.05) is 26.4 Å². The maximum absolute atomic E-state index is 5.76. The average Bonchev–Trinajstić information content (AvgIpc) is 3.00. The van der Waals surface area contributed by atoms with Crippen LogP contribution in [0.4, 0.5) is 0 Å². The SMILES string of the molecule is c1ccc(C2NCCn3c(C4COCCO4)nnc32)cc1. The van der Waals surface area contributed by atoms with E-state index in [0.29, 0.717) is 19.8 Å². The minimum atomic E-state index is -0.102. The summed E-state index contributed by atoms with van der Waals surface area (Å²) < 4.78 is 13.4. The second-order valence-electron chi connectivity index (χ2n) is 5.30. The lowest BCUT2D eigenvalue weighted by Crippen LogP contribution is -2.36. The summed E-state index contributed by atoms with van der Waals surface area (Å²) in [7, 11) is 0. The molecule has 4 rings (SSSR count). The van der Waals surface area contributed by atoms with Gasteiger partial charge in [-0.1, -0.05) is 30.3 Å². The van der Waals surface area contributed by atoms with E-state index in [0.717, 1.165) is 24.7 Å². The molecule has 6 heteroatoms. The molecule has 3 heterocycles. The molecule has 1 fully saturated rings. The first-order valence-electron chi connectivity index (χ1n) is 7.34. The van der Waals surface area contributed by atoms with Crippen LogP contribution in [0.2, 0.25) is 0 Å². The Morgan fingerprint density at radius 1 is 1.10 bits per heavy atom. The third kappa shape index (κ3) is 2.35. The van der Waals surface area contributed by atoms with Crippen LogP contribution in [0.25, 0.3) is 0 Å². The first-order valence-corrected chi connectivity index (χ1v) is 7.34. The third-order valence-corrected chi connectivity index (χ3v) is 3.99. The van der Waals surface area contributed by atoms with E-state index in [2.05, 4.69) is 32.2 Å². The molecule has 2 atom stereocenters. The molecule has 110 valence electrons. The lowest BCUT2D eigenvalue weighted by atomic mass is 10.0. The van der Waals surface area contributed by atoms with E-state index < -0.39 is 0 Å². The molecule has 0 spiro atoms. The molecule has 2 aliphatic heterocycles. The normalized spacial score (nSPS) is 25.5. The fraction of sp³-hybridized carbons (Fsp3) is 0.467. The van der Waals surface area contributed by atoms with E-state index >= 15 is 0 Å². The predicted molar refractivity (Wildman–Crippen MR) is 75.8 cm³/mol. The van der Waals surface area contributed by atoms with E-state index in [-0.39, 0.29) is 12.1 Å². The summed E-state index contributed by atoms with van der Waals surface area (Å²) in [6, 6.07) is 10.4. The van der Waals surface area contributed by atoms with Crippen molar-refractivity contribution < 1.29 is 9.47 Å². The number of nitrogens with zero attached hydrogens (tertiary/aromatic N) is 3. The second-order valence-corrected chi connectivity index (χ2v) is 5.30. The Bertz CT molecular complexity index is 607. The van der Waals surface area contributed by atoms with Gasteiger partial charge in [-0.3, -0.25) is 0 Å². The van der Waals surface area contributed by atoms with Crippen LogP contribution in [-0.2, 0) is 16.0 Å². The predicted octanol–water partition coefficient (Wildman–Crippen LogP) is 1.06. The zero-order valence-corrected chi connectivity index (χ0v) is 11.7. The fourth-order valence-corrected chi connectivity index (χ4v) is 2.97. The molecule has 2 aromatic rings. The summed E-state index contributed by atoms with van der Waals surface area (Å²) in [4.78, 5) is 0. The van der Waals surface area contributed by atoms with Gasteiger partial charge < -0.3 is 19.4 Å². The molecule has 1 aromatic heterocycles. The van der Waals surface area contributed by atoms with Gasteiger partial charge in [0.25, 0.3) is 0 Å². The summed E-state index contributed by atoms with van der Waals surface area (Å²) in [5, 5.41) is 12.3. The van der Waals surface area contributed by atoms with E-state index in [1.165, 1.54) is 5.56 Å². The molecule has 0 radical (unpaired) electrons. The Kier molecular flexibility index (Phi) is 3.42. The Labute approximate surface area is 123 Å². The molecule has 6 nitrogen and oxygen atoms in total. The molecule has 1 aromatic carbocycles. The first kappa shape index (κ1) is 12.9. The van der Waals surface area contributed by atoms with Crippen LogP contribution in [0, 0.1) is 0 Å². The van der Waals surface area contributed by atoms with Gasteiger partial charge in [0.15, 0.2) is 11.6 Å². The molecule has 0 saturated carbocycles. The zero-order chi connectivity index (χ0) is 14.1. The molecule has 0 aliphatic carbocycles. The van der Waals surface area contributed by atoms with Crippen LogP contribution in [0.3, 0.4) is 0 Å². The maximum Gasteiger partial charge on any atom is 0.164 e. The van der Waals surface area contributed by atoms with E-state index in [1.807, 2.05) is 18.2 Å². The Hall–Kier alpha value is -1.76. The van der Waals surface area contributed by atoms with Crippen LogP contribution in [0.1, 0.15) is 29.4 Å². The van der Waals surface area contributed by atoms with E-state index in [9.17, 15) is 0 Å². The van der Waals surface area contributed by atoms with Crippen molar-refractivity contribution >= 4 is 0 Å². The van der Waals surface area contributed by atoms with Gasteiger partial charge in [-0.25, -0.2) is 0 Å². The van der Waals surface area contributed by atoms with Gasteiger partial charge in [-0.05, 0) is 5.56 Å². The molecule has 1 saturated heterocycles. The van der Waals surface area contributed by atoms with Crippen LogP contribution in [0.5, 0.6) is 0 Å². The monoisotopic (exact) mass is 286 g/mol. The number of hydrogen-bond acceptors (Lipinski definition) is 5. The van der Waals surface area contributed by atoms with Crippen molar-refractivity contribution in [1.29, 1.82) is 0 Å². The molecule has 2 aliphatic rings. The van der Waals surface area contributed by atoms with Crippen molar-refractivity contribution in [2.45, 2.75) is 18.7 Å². The van der Waals surface area contributed by atoms with Crippen LogP contribution in [-0.4, -0.2) is 41.1 Å². The number of fused-ring (bicyclic) bond motifs is 1. The third-order valence-electron chi connectivity index (χ3n) is 3.99. The van der Waals surface area contributed by atoms with Gasteiger partial charge in [0, 0.05) is 13.1 Å². The van der Waals surface area contributed by atoms with Gasteiger partial charge in [0.05, 0.1) is 25.9 Å². The summed E-state index contributed by atoms with van der Waals surface area (Å²) >= 11 is 0. The van der Waals surface area contributed by atoms with E-state index in [4.69, 9.17) is 9.47 Å². The minimum Gasteiger partial charge on any atom is -0.376 e. The second kappa shape index (κ2) is 5.55. The Morgan fingerprint density at radius 3 is 2.76 bits per heavy atom. The number of benzene rings is 1. The number of aromatic nitrogens is 3. The standard InChI is InChI=1S/C15H18N4O2/c1-2-4-11(5-3-1)13-15-18-17-14(19(15)7-6-16-13)12-10-20-8-9-21-12/h1-5,12-13,16H,6-10H2. The molecular weight excluding hydrogens is 268 g/mol. The molecule has 1 N–H and O–H groups in total. The number of ether oxygens (including phenoxy) is 2. The molecule has 2 unspecified atom stereocenters. The molecule has 21 heavy (non-hydrogen) atoms. The largest absolute Gasteiger partial charge is 0.376 e. The van der Waals surface area contributed by atoms with Gasteiger partial charge in [-0.2, -0.15) is 0 Å². The highest BCUT2D eigenvalue weighted by Crippen LogP contribution is 2.27. The zero-order valence-electron chi connectivity index (χ0n) is 11.7. The van der Waals surface area contributed by atoms with Crippen LogP contribution in [0.15, 0.2) is 30.3 Å². The molecule has 0 bridgehead atoms. The van der Waals surface area contributed by atoms with Crippen molar-refractivity contribution in [3.63, 3.8) is 0 Å². The van der Waals surface area contributed by atoms with Gasteiger partial charge >= 0.3 is 0 Å². The highest BCUT2D eigenvalue weighted by atomic mass is 16.6. The summed E-state index contributed by atoms with van der Waals surface area (Å²) in [5.74, 6) is 1.84. The maximum atomic E-state index is 5.76. The van der Waals surface area contributed by atoms with Crippen LogP contribution >= 0.6 is 0 Å². The highest BCUT2D eigenvalue weighted by molar-refractivity contribution is 5.26. The quantitative estimate of drug-likeness (QED) is 0.894. The number of nitrogens with one attached hydrogen (secondary N) is 1. The number of rotatable bonds is 2. The van der Waals surface area contributed by atoms with Gasteiger partial charge in [-0.15, -0.1) is 10.2 Å². The van der Waals surface area contributed by atoms with Crippen molar-refractivity contribution in [3.05, 3.63) is 47.5 Å². The fourth-order valence-electron chi connectivity index (χ4n) is 2.97. The Balaban J connectivity index is 1.68. The molecular formula is C15H18N4O2. The number of hydrogen-bond donors (Lipinski definition) is 1. The van der Waals surface area contributed by atoms with Gasteiger partial charge in [0.1, 0.15) is 6.10 Å². The van der Waals surface area contributed by atoms with Gasteiger partial charge in [0.2, 0.25) is 0 Å².